The van der Waals surface area contributed by atoms with E-state index in [1.54, 1.807) is 69.5 Å². The predicted octanol–water partition coefficient (Wildman–Crippen LogP) is 13.8. The van der Waals surface area contributed by atoms with Crippen molar-refractivity contribution in [3.63, 3.8) is 0 Å². The molecule has 5 aromatic rings. The van der Waals surface area contributed by atoms with Crippen molar-refractivity contribution in [1.82, 2.24) is 22.1 Å². The summed E-state index contributed by atoms with van der Waals surface area (Å²) in [5.41, 5.74) is 7.23. The van der Waals surface area contributed by atoms with Crippen LogP contribution in [0.1, 0.15) is 179 Å². The quantitative estimate of drug-likeness (QED) is 0.0865. The molecule has 554 valence electrons. The number of sulfone groups is 1. The summed E-state index contributed by atoms with van der Waals surface area (Å²) in [6, 6.07) is 44.7. The van der Waals surface area contributed by atoms with E-state index in [2.05, 4.69) is 123 Å². The highest BCUT2D eigenvalue weighted by Crippen LogP contribution is 2.28. The van der Waals surface area contributed by atoms with Crippen molar-refractivity contribution in [2.45, 2.75) is 208 Å². The molecular weight excluding hydrogens is 1320 g/mol. The van der Waals surface area contributed by atoms with Crippen molar-refractivity contribution in [1.29, 1.82) is 0 Å². The Morgan fingerprint density at radius 3 is 1.09 bits per heavy atom. The van der Waals surface area contributed by atoms with Crippen LogP contribution in [0.25, 0.3) is 0 Å². The normalized spacial score (nSPS) is 13.8. The molecule has 1 heterocycles. The van der Waals surface area contributed by atoms with E-state index >= 15 is 0 Å². The molecule has 0 aliphatic carbocycles. The van der Waals surface area contributed by atoms with E-state index in [4.69, 9.17) is 9.84 Å². The second kappa shape index (κ2) is 40.9. The van der Waals surface area contributed by atoms with Crippen LogP contribution in [-0.2, 0) is 82.4 Å². The lowest BCUT2D eigenvalue weighted by Gasteiger charge is -2.35. The molecule has 1 fully saturated rings. The first kappa shape index (κ1) is 92.6. The number of aryl methyl sites for hydroxylation is 1. The minimum Gasteiger partial charge on any atom is -0.395 e. The van der Waals surface area contributed by atoms with Gasteiger partial charge in [0.1, 0.15) is 0 Å². The fourth-order valence-electron chi connectivity index (χ4n) is 9.31. The van der Waals surface area contributed by atoms with E-state index in [1.807, 2.05) is 123 Å². The molecule has 1 aliphatic heterocycles. The Balaban J connectivity index is 0.00000111. The van der Waals surface area contributed by atoms with Gasteiger partial charge >= 0.3 is 0 Å². The Kier molecular flexibility index (Phi) is 39.0. The Hall–Kier alpha value is -4.43. The summed E-state index contributed by atoms with van der Waals surface area (Å²) in [6.07, 6.45) is 2.42. The van der Waals surface area contributed by atoms with Crippen molar-refractivity contribution >= 4 is 49.9 Å². The standard InChI is InChI=1S/C14H22.C11H24N2O3S.C11H17NO2S.C11H16O2S.C11H16.C10H15NO2S.C7H17NO3S/c1-13(2,3)11-7-9-12(10-8-11)14(4,5)6;1-11(2,3)13(17(4,14)15)6-5-12-7-9-16-10-8-12;1-10(2)12(3)15(13,14)9-11-7-5-4-6-8-11;1-10(2)8-14(12,13)9-11-6-4-3-5-7-11;1-9-5-7-10(8-6-9)11(2,3)4;1-9(2)11(3)14(12,13)10-7-5-4-6-8-10;1-7(2,3)8(5-6-9)12(4,10)11/h7-10H,1-6H3;5-10H2,1-4H3;4-8,10H,9H2,1-3H3;3-7,10H,8-9H2,1-2H3;5-8H,1-4H3;4-9H,1-3H3;9H,5-6H2,1-4H3. The highest BCUT2D eigenvalue weighted by Gasteiger charge is 2.31. The zero-order valence-electron chi connectivity index (χ0n) is 64.0. The van der Waals surface area contributed by atoms with Gasteiger partial charge in [0.2, 0.25) is 40.1 Å². The van der Waals surface area contributed by atoms with Crippen LogP contribution in [0.2, 0.25) is 0 Å². The molecule has 0 amide bonds. The molecule has 6 rings (SSSR count). The van der Waals surface area contributed by atoms with Crippen molar-refractivity contribution < 1.29 is 51.9 Å². The second-order valence-corrected chi connectivity index (χ2v) is 40.5. The van der Waals surface area contributed by atoms with Gasteiger partial charge in [-0.15, -0.1) is 0 Å². The zero-order chi connectivity index (χ0) is 75.4. The molecule has 0 saturated carbocycles. The molecule has 1 N–H and O–H groups in total. The molecular formula is C75H127N5O12S5. The maximum atomic E-state index is 11.9. The molecule has 1 saturated heterocycles. The van der Waals surface area contributed by atoms with Gasteiger partial charge in [0.15, 0.2) is 9.84 Å². The largest absolute Gasteiger partial charge is 0.395 e. The highest BCUT2D eigenvalue weighted by molar-refractivity contribution is 7.90. The second-order valence-electron chi connectivity index (χ2n) is 30.6. The van der Waals surface area contributed by atoms with Crippen molar-refractivity contribution in [3.05, 3.63) is 173 Å². The highest BCUT2D eigenvalue weighted by atomic mass is 32.2. The fraction of sp³-hybridized carbons (Fsp3) is 0.600. The molecule has 0 bridgehead atoms. The van der Waals surface area contributed by atoms with Crippen LogP contribution in [0.3, 0.4) is 0 Å². The Morgan fingerprint density at radius 1 is 0.464 bits per heavy atom. The summed E-state index contributed by atoms with van der Waals surface area (Å²) in [6.45, 7) is 49.3. The van der Waals surface area contributed by atoms with Gasteiger partial charge in [0, 0.05) is 70.0 Å². The number of ether oxygens (including phenoxy) is 1. The molecule has 17 nitrogen and oxygen atoms in total. The summed E-state index contributed by atoms with van der Waals surface area (Å²) in [4.78, 5) is 2.59. The molecule has 0 atom stereocenters. The number of morpholine rings is 1. The van der Waals surface area contributed by atoms with Gasteiger partial charge in [-0.05, 0) is 138 Å². The third kappa shape index (κ3) is 38.3. The summed E-state index contributed by atoms with van der Waals surface area (Å²) in [5.74, 6) is 0.694. The maximum absolute atomic E-state index is 11.9. The Morgan fingerprint density at radius 2 is 0.794 bits per heavy atom. The summed E-state index contributed by atoms with van der Waals surface area (Å²) in [7, 11) is -12.6. The van der Waals surface area contributed by atoms with Gasteiger partial charge in [-0.2, -0.15) is 12.9 Å². The van der Waals surface area contributed by atoms with Crippen LogP contribution in [-0.4, -0.2) is 177 Å². The SMILES string of the molecule is CC(C)(C)N(CCN1CCOCC1)S(C)(=O)=O.CC(C)(C)N(CCO)S(C)(=O)=O.CC(C)(C)c1ccc(C(C)(C)C)cc1.CC(C)CS(=O)(=O)Cc1ccccc1.CC(C)N(C)S(=O)(=O)Cc1ccccc1.CC(C)N(C)S(=O)(=O)c1ccccc1.Cc1ccc(C(C)(C)C)cc1. The summed E-state index contributed by atoms with van der Waals surface area (Å²) >= 11 is 0. The van der Waals surface area contributed by atoms with E-state index in [0.717, 1.165) is 50.2 Å². The third-order valence-corrected chi connectivity index (χ3v) is 24.2. The number of aliphatic hydroxyl groups excluding tert-OH is 1. The van der Waals surface area contributed by atoms with Gasteiger partial charge in [-0.1, -0.05) is 209 Å². The molecule has 0 unspecified atom stereocenters. The van der Waals surface area contributed by atoms with E-state index in [0.29, 0.717) is 11.4 Å². The number of β-amino-alcohol motifs (C(OH)–C–C–N with tert-alkyl or cyclic N) is 1. The fourth-order valence-corrected chi connectivity index (χ4v) is 16.8. The molecule has 1 aliphatic rings. The molecule has 0 radical (unpaired) electrons. The smallest absolute Gasteiger partial charge is 0.243 e. The number of hydrogen-bond acceptors (Lipinski definition) is 13. The average Bonchev–Trinajstić information content (AvgIpc) is 0.869. The number of benzene rings is 5. The van der Waals surface area contributed by atoms with Crippen molar-refractivity contribution in [2.75, 3.05) is 84.9 Å². The number of sulfonamides is 4. The van der Waals surface area contributed by atoms with Gasteiger partial charge < -0.3 is 9.84 Å². The third-order valence-electron chi connectivity index (χ3n) is 15.2. The Bertz CT molecular complexity index is 3540. The Labute approximate surface area is 591 Å². The van der Waals surface area contributed by atoms with Crippen LogP contribution >= 0.6 is 0 Å². The first-order valence-electron chi connectivity index (χ1n) is 33.3. The summed E-state index contributed by atoms with van der Waals surface area (Å²) in [5, 5.41) is 8.66. The first-order chi connectivity index (χ1) is 44.0. The van der Waals surface area contributed by atoms with E-state index in [-0.39, 0.29) is 70.2 Å². The van der Waals surface area contributed by atoms with Crippen LogP contribution in [0, 0.1) is 12.8 Å². The van der Waals surface area contributed by atoms with Crippen LogP contribution < -0.4 is 0 Å². The van der Waals surface area contributed by atoms with Gasteiger partial charge in [-0.3, -0.25) is 4.90 Å². The minimum absolute atomic E-state index is 0.00119. The minimum atomic E-state index is -3.30. The molecule has 5 aromatic carbocycles. The van der Waals surface area contributed by atoms with Crippen LogP contribution in [0.5, 0.6) is 0 Å². The van der Waals surface area contributed by atoms with E-state index in [1.165, 1.54) is 41.4 Å². The van der Waals surface area contributed by atoms with Crippen molar-refractivity contribution in [3.8, 4) is 0 Å². The van der Waals surface area contributed by atoms with E-state index in [9.17, 15) is 42.1 Å². The molecule has 0 spiro atoms. The number of hydrogen-bond donors (Lipinski definition) is 1. The monoisotopic (exact) mass is 1450 g/mol. The number of aliphatic hydroxyl groups is 1. The van der Waals surface area contributed by atoms with Crippen LogP contribution in [0.4, 0.5) is 0 Å². The predicted molar refractivity (Wildman–Crippen MR) is 408 cm³/mol. The number of nitrogens with zero attached hydrogens (tertiary/aromatic N) is 5. The summed E-state index contributed by atoms with van der Waals surface area (Å²) < 4.78 is 127. The topological polar surface area (TPSA) is 216 Å². The lowest BCUT2D eigenvalue weighted by molar-refractivity contribution is 0.0341. The van der Waals surface area contributed by atoms with Crippen LogP contribution in [0.15, 0.2) is 144 Å². The van der Waals surface area contributed by atoms with Gasteiger partial charge in [-0.25, -0.2) is 46.4 Å². The lowest BCUT2D eigenvalue weighted by atomic mass is 9.82. The van der Waals surface area contributed by atoms with Gasteiger partial charge in [0.25, 0.3) is 0 Å². The number of rotatable bonds is 18. The molecule has 22 heteroatoms. The zero-order valence-corrected chi connectivity index (χ0v) is 68.1. The maximum Gasteiger partial charge on any atom is 0.243 e. The molecule has 0 aromatic heterocycles. The van der Waals surface area contributed by atoms with Gasteiger partial charge in [0.05, 0.1) is 54.5 Å². The molecule has 97 heavy (non-hydrogen) atoms. The van der Waals surface area contributed by atoms with Crippen molar-refractivity contribution in [2.24, 2.45) is 5.92 Å². The first-order valence-corrected chi connectivity index (χ1v) is 41.9. The average molecular weight is 1450 g/mol. The van der Waals surface area contributed by atoms with E-state index < -0.39 is 55.5 Å². The lowest BCUT2D eigenvalue weighted by Crippen LogP contribution is -2.49.